The molecule has 72 valence electrons. The molecule has 0 spiro atoms. The van der Waals surface area contributed by atoms with Gasteiger partial charge in [-0.05, 0) is 34.6 Å². The number of hydrogen-bond acceptors (Lipinski definition) is 3. The highest BCUT2D eigenvalue weighted by molar-refractivity contribution is 5.67. The Balaban J connectivity index is 4.12. The first kappa shape index (κ1) is 11.2. The van der Waals surface area contributed by atoms with E-state index in [4.69, 9.17) is 10.6 Å². The van der Waals surface area contributed by atoms with E-state index < -0.39 is 11.6 Å². The monoisotopic (exact) mass is 174 g/mol. The van der Waals surface area contributed by atoms with Crippen LogP contribution >= 0.6 is 0 Å². The highest BCUT2D eigenvalue weighted by Gasteiger charge is 2.24. The van der Waals surface area contributed by atoms with E-state index in [0.717, 1.165) is 5.01 Å². The van der Waals surface area contributed by atoms with Gasteiger partial charge in [0.2, 0.25) is 0 Å². The van der Waals surface area contributed by atoms with Crippen LogP contribution in [0, 0.1) is 0 Å². The number of carbonyl (C=O) groups is 1. The highest BCUT2D eigenvalue weighted by Crippen LogP contribution is 2.10. The Morgan fingerprint density at radius 2 is 1.83 bits per heavy atom. The van der Waals surface area contributed by atoms with Crippen molar-refractivity contribution in [3.63, 3.8) is 0 Å². The summed E-state index contributed by atoms with van der Waals surface area (Å²) in [6.07, 6.45) is -0.622. The number of amides is 1. The van der Waals surface area contributed by atoms with Crippen molar-refractivity contribution < 1.29 is 9.53 Å². The zero-order valence-corrected chi connectivity index (χ0v) is 8.42. The molecule has 1 amide bonds. The van der Waals surface area contributed by atoms with Gasteiger partial charge in [-0.2, -0.15) is 0 Å². The maximum Gasteiger partial charge on any atom is 0.424 e. The molecule has 0 aliphatic carbocycles. The average Bonchev–Trinajstić information content (AvgIpc) is 1.82. The van der Waals surface area contributed by atoms with E-state index in [1.807, 2.05) is 20.8 Å². The van der Waals surface area contributed by atoms with Crippen molar-refractivity contribution in [3.05, 3.63) is 0 Å². The fourth-order valence-corrected chi connectivity index (χ4v) is 0.532. The second kappa shape index (κ2) is 3.76. The van der Waals surface area contributed by atoms with Crippen LogP contribution in [0.5, 0.6) is 0 Å². The molecule has 4 nitrogen and oxygen atoms in total. The molecule has 0 unspecified atom stereocenters. The van der Waals surface area contributed by atoms with Crippen LogP contribution in [0.4, 0.5) is 4.79 Å². The van der Waals surface area contributed by atoms with Gasteiger partial charge in [-0.25, -0.2) is 15.6 Å². The summed E-state index contributed by atoms with van der Waals surface area (Å²) in [7, 11) is 0. The minimum atomic E-state index is -0.488. The smallest absolute Gasteiger partial charge is 0.424 e. The summed E-state index contributed by atoms with van der Waals surface area (Å²) >= 11 is 0. The van der Waals surface area contributed by atoms with Gasteiger partial charge < -0.3 is 4.74 Å². The van der Waals surface area contributed by atoms with Crippen LogP contribution in [0.1, 0.15) is 34.6 Å². The molecule has 0 saturated heterocycles. The molecule has 0 fully saturated rings. The van der Waals surface area contributed by atoms with Crippen LogP contribution < -0.4 is 5.84 Å². The van der Waals surface area contributed by atoms with E-state index in [-0.39, 0.29) is 6.10 Å². The SMILES string of the molecule is CC(C)OC(=O)N(N)C(C)(C)C. The van der Waals surface area contributed by atoms with Crippen molar-refractivity contribution in [1.29, 1.82) is 0 Å². The standard InChI is InChI=1S/C8H18N2O2/c1-6(2)12-7(11)10(9)8(3,4)5/h6H,9H2,1-5H3. The molecular weight excluding hydrogens is 156 g/mol. The average molecular weight is 174 g/mol. The Kier molecular flexibility index (Phi) is 3.52. The number of nitrogens with two attached hydrogens (primary N) is 1. The minimum Gasteiger partial charge on any atom is -0.446 e. The van der Waals surface area contributed by atoms with Gasteiger partial charge in [0.1, 0.15) is 0 Å². The molecular formula is C8H18N2O2. The lowest BCUT2D eigenvalue weighted by atomic mass is 10.1. The van der Waals surface area contributed by atoms with E-state index in [2.05, 4.69) is 0 Å². The molecule has 0 heterocycles. The van der Waals surface area contributed by atoms with Gasteiger partial charge in [0.25, 0.3) is 0 Å². The van der Waals surface area contributed by atoms with Gasteiger partial charge in [-0.1, -0.05) is 0 Å². The number of rotatable bonds is 1. The molecule has 0 atom stereocenters. The largest absolute Gasteiger partial charge is 0.446 e. The maximum absolute atomic E-state index is 11.2. The van der Waals surface area contributed by atoms with Crippen molar-refractivity contribution in [2.45, 2.75) is 46.3 Å². The molecule has 0 aromatic heterocycles. The van der Waals surface area contributed by atoms with E-state index in [1.54, 1.807) is 13.8 Å². The van der Waals surface area contributed by atoms with E-state index in [9.17, 15) is 4.79 Å². The molecule has 0 saturated carbocycles. The Morgan fingerprint density at radius 1 is 1.42 bits per heavy atom. The fourth-order valence-electron chi connectivity index (χ4n) is 0.532. The number of carbonyl (C=O) groups excluding carboxylic acids is 1. The molecule has 4 heteroatoms. The van der Waals surface area contributed by atoms with Crippen molar-refractivity contribution >= 4 is 6.09 Å². The Labute approximate surface area is 73.6 Å². The van der Waals surface area contributed by atoms with E-state index in [0.29, 0.717) is 0 Å². The summed E-state index contributed by atoms with van der Waals surface area (Å²) in [5.74, 6) is 5.50. The van der Waals surface area contributed by atoms with E-state index >= 15 is 0 Å². The van der Waals surface area contributed by atoms with Gasteiger partial charge in [0.05, 0.1) is 11.6 Å². The predicted molar refractivity (Wildman–Crippen MR) is 47.4 cm³/mol. The first-order valence-electron chi connectivity index (χ1n) is 4.00. The fraction of sp³-hybridized carbons (Fsp3) is 0.875. The third-order valence-electron chi connectivity index (χ3n) is 1.26. The molecule has 0 rings (SSSR count). The summed E-state index contributed by atoms with van der Waals surface area (Å²) in [5.41, 5.74) is -0.397. The van der Waals surface area contributed by atoms with Crippen molar-refractivity contribution in [3.8, 4) is 0 Å². The number of hydrazine groups is 1. The summed E-state index contributed by atoms with van der Waals surface area (Å²) in [6, 6.07) is 0. The quantitative estimate of drug-likeness (QED) is 0.372. The van der Waals surface area contributed by atoms with Gasteiger partial charge in [-0.3, -0.25) is 0 Å². The molecule has 0 aliphatic rings. The van der Waals surface area contributed by atoms with Crippen molar-refractivity contribution in [2.24, 2.45) is 5.84 Å². The lowest BCUT2D eigenvalue weighted by Gasteiger charge is -2.30. The molecule has 0 radical (unpaired) electrons. The van der Waals surface area contributed by atoms with Crippen molar-refractivity contribution in [2.75, 3.05) is 0 Å². The normalized spacial score (nSPS) is 11.6. The van der Waals surface area contributed by atoms with Crippen LogP contribution in [0.15, 0.2) is 0 Å². The van der Waals surface area contributed by atoms with Gasteiger partial charge in [0, 0.05) is 0 Å². The van der Waals surface area contributed by atoms with Crippen LogP contribution in [0.2, 0.25) is 0 Å². The molecule has 0 aromatic carbocycles. The van der Waals surface area contributed by atoms with Gasteiger partial charge in [-0.15, -0.1) is 0 Å². The lowest BCUT2D eigenvalue weighted by molar-refractivity contribution is 0.0479. The van der Waals surface area contributed by atoms with Crippen LogP contribution in [0.3, 0.4) is 0 Å². The van der Waals surface area contributed by atoms with Crippen LogP contribution in [0.25, 0.3) is 0 Å². The highest BCUT2D eigenvalue weighted by atomic mass is 16.6. The zero-order valence-electron chi connectivity index (χ0n) is 8.42. The summed E-state index contributed by atoms with van der Waals surface area (Å²) < 4.78 is 4.90. The number of nitrogens with zero attached hydrogens (tertiary/aromatic N) is 1. The lowest BCUT2D eigenvalue weighted by Crippen LogP contribution is -2.51. The van der Waals surface area contributed by atoms with Crippen LogP contribution in [-0.4, -0.2) is 22.7 Å². The summed E-state index contributed by atoms with van der Waals surface area (Å²) in [6.45, 7) is 9.10. The number of ether oxygens (including phenoxy) is 1. The predicted octanol–water partition coefficient (Wildman–Crippen LogP) is 1.51. The molecule has 12 heavy (non-hydrogen) atoms. The third kappa shape index (κ3) is 3.57. The minimum absolute atomic E-state index is 0.133. The van der Waals surface area contributed by atoms with E-state index in [1.165, 1.54) is 0 Å². The Hall–Kier alpha value is -0.770. The Bertz CT molecular complexity index is 161. The second-order valence-electron chi connectivity index (χ2n) is 3.97. The topological polar surface area (TPSA) is 55.6 Å². The molecule has 0 aliphatic heterocycles. The molecule has 0 aromatic rings. The maximum atomic E-state index is 11.2. The second-order valence-corrected chi connectivity index (χ2v) is 3.97. The molecule has 0 bridgehead atoms. The number of hydrogen-bond donors (Lipinski definition) is 1. The van der Waals surface area contributed by atoms with Crippen LogP contribution in [-0.2, 0) is 4.74 Å². The van der Waals surface area contributed by atoms with Gasteiger partial charge in [0.15, 0.2) is 0 Å². The summed E-state index contributed by atoms with van der Waals surface area (Å²) in [4.78, 5) is 11.2. The van der Waals surface area contributed by atoms with Crippen molar-refractivity contribution in [1.82, 2.24) is 5.01 Å². The first-order chi connectivity index (χ1) is 5.25. The third-order valence-corrected chi connectivity index (χ3v) is 1.26. The Morgan fingerprint density at radius 3 is 2.08 bits per heavy atom. The first-order valence-corrected chi connectivity index (χ1v) is 4.00. The van der Waals surface area contributed by atoms with Gasteiger partial charge >= 0.3 is 6.09 Å². The summed E-state index contributed by atoms with van der Waals surface area (Å²) in [5, 5.41) is 1.09. The molecule has 2 N–H and O–H groups in total. The zero-order chi connectivity index (χ0) is 9.94.